The third kappa shape index (κ3) is 9.93. The molecule has 5 nitrogen and oxygen atoms in total. The number of benzene rings is 1. The largest absolute Gasteiger partial charge is 0.699 e. The Morgan fingerprint density at radius 2 is 1.81 bits per heavy atom. The summed E-state index contributed by atoms with van der Waals surface area (Å²) in [5.74, 6) is 0.440. The molecule has 2 fully saturated rings. The fourth-order valence-corrected chi connectivity index (χ4v) is 3.99. The molecule has 176 valence electrons. The van der Waals surface area contributed by atoms with Crippen LogP contribution in [0.15, 0.2) is 42.6 Å². The number of aliphatic hydroxyl groups is 1. The van der Waals surface area contributed by atoms with Crippen molar-refractivity contribution in [2.24, 2.45) is 5.92 Å². The predicted octanol–water partition coefficient (Wildman–Crippen LogP) is 6.94. The van der Waals surface area contributed by atoms with Crippen molar-refractivity contribution in [2.45, 2.75) is 77.9 Å². The van der Waals surface area contributed by atoms with Gasteiger partial charge in [0.15, 0.2) is 0 Å². The van der Waals surface area contributed by atoms with Crippen molar-refractivity contribution >= 4 is 11.4 Å². The van der Waals surface area contributed by atoms with Crippen LogP contribution < -0.4 is 0 Å². The summed E-state index contributed by atoms with van der Waals surface area (Å²) in [6.07, 6.45) is 10.6. The monoisotopic (exact) mass is 608 g/mol. The van der Waals surface area contributed by atoms with Crippen molar-refractivity contribution in [1.82, 2.24) is 4.98 Å². The van der Waals surface area contributed by atoms with Crippen LogP contribution in [0.25, 0.3) is 5.73 Å². The van der Waals surface area contributed by atoms with Crippen LogP contribution in [-0.4, -0.2) is 28.5 Å². The van der Waals surface area contributed by atoms with Gasteiger partial charge in [0.1, 0.15) is 0 Å². The zero-order chi connectivity index (χ0) is 22.6. The number of aliphatic hydroxyl groups excluding tert-OH is 1. The molecule has 3 N–H and O–H groups in total. The van der Waals surface area contributed by atoms with E-state index in [1.165, 1.54) is 32.1 Å². The average Bonchev–Trinajstić information content (AvgIpc) is 3.32. The molecule has 2 atom stereocenters. The normalized spacial score (nSPS) is 18.8. The van der Waals surface area contributed by atoms with Crippen LogP contribution >= 0.6 is 0 Å². The molecular formula is C26H38N3O2W-. The Morgan fingerprint density at radius 3 is 2.28 bits per heavy atom. The molecule has 4 rings (SSSR count). The second-order valence-electron chi connectivity index (χ2n) is 8.58. The summed E-state index contributed by atoms with van der Waals surface area (Å²) in [6.45, 7) is 6.81. The van der Waals surface area contributed by atoms with Gasteiger partial charge in [-0.15, -0.1) is 5.69 Å². The van der Waals surface area contributed by atoms with Crippen molar-refractivity contribution in [2.75, 3.05) is 6.61 Å². The number of pyridine rings is 1. The van der Waals surface area contributed by atoms with Gasteiger partial charge < -0.3 is 21.0 Å². The summed E-state index contributed by atoms with van der Waals surface area (Å²) < 4.78 is 5.28. The Hall–Kier alpha value is -1.55. The number of aryl methyl sites for hydroxylation is 1. The zero-order valence-electron chi connectivity index (χ0n) is 19.6. The minimum atomic E-state index is -0.344. The number of hydrogen-bond donors (Lipinski definition) is 2. The van der Waals surface area contributed by atoms with Gasteiger partial charge in [0.05, 0.1) is 17.9 Å². The molecule has 0 radical (unpaired) electrons. The van der Waals surface area contributed by atoms with Crippen LogP contribution in [0.4, 0.5) is 5.69 Å². The summed E-state index contributed by atoms with van der Waals surface area (Å²) >= 11 is 0. The third-order valence-corrected chi connectivity index (χ3v) is 5.89. The minimum Gasteiger partial charge on any atom is -0.699 e. The van der Waals surface area contributed by atoms with Crippen molar-refractivity contribution in [3.05, 3.63) is 65.1 Å². The third-order valence-electron chi connectivity index (χ3n) is 5.89. The number of hydrogen-bond acceptors (Lipinski definition) is 4. The zero-order valence-corrected chi connectivity index (χ0v) is 22.6. The van der Waals surface area contributed by atoms with E-state index in [0.29, 0.717) is 23.4 Å². The first kappa shape index (κ1) is 28.5. The molecule has 1 aromatic heterocycles. The van der Waals surface area contributed by atoms with Crippen molar-refractivity contribution in [3.63, 3.8) is 0 Å². The quantitative estimate of drug-likeness (QED) is 0.370. The maximum absolute atomic E-state index is 9.96. The van der Waals surface area contributed by atoms with Crippen molar-refractivity contribution in [1.29, 1.82) is 5.41 Å². The molecule has 2 aromatic rings. The van der Waals surface area contributed by atoms with Gasteiger partial charge in [0, 0.05) is 39.6 Å². The second-order valence-corrected chi connectivity index (χ2v) is 8.58. The van der Waals surface area contributed by atoms with E-state index in [0.717, 1.165) is 36.3 Å². The molecule has 2 heterocycles. The number of nitrogens with one attached hydrogen (secondary N) is 2. The smallest absolute Gasteiger partial charge is 0.0987 e. The molecule has 32 heavy (non-hydrogen) atoms. The number of ether oxygens (including phenoxy) is 1. The van der Waals surface area contributed by atoms with E-state index in [1.807, 2.05) is 31.2 Å². The fraction of sp³-hybridized carbons (Fsp3) is 0.538. The van der Waals surface area contributed by atoms with Crippen LogP contribution in [0.5, 0.6) is 0 Å². The number of rotatable bonds is 3. The fourth-order valence-electron chi connectivity index (χ4n) is 3.99. The van der Waals surface area contributed by atoms with Gasteiger partial charge in [-0.05, 0) is 82.1 Å². The minimum absolute atomic E-state index is 0. The van der Waals surface area contributed by atoms with Gasteiger partial charge in [-0.1, -0.05) is 37.1 Å². The summed E-state index contributed by atoms with van der Waals surface area (Å²) in [5, 5.41) is 17.3. The van der Waals surface area contributed by atoms with Crippen LogP contribution in [-0.2, 0) is 25.8 Å². The SMILES string of the molecule is CC(=N)c1cc([NH-])ccc1C.CC1CCCCO1.OC(c1ccccn1)C1CCCC1.[W]. The Kier molecular flexibility index (Phi) is 13.6. The summed E-state index contributed by atoms with van der Waals surface area (Å²) in [5.41, 5.74) is 11.1. The summed E-state index contributed by atoms with van der Waals surface area (Å²) in [4.78, 5) is 4.17. The first-order valence-corrected chi connectivity index (χ1v) is 11.5. The van der Waals surface area contributed by atoms with E-state index >= 15 is 0 Å². The Labute approximate surface area is 208 Å². The maximum atomic E-state index is 9.96. The molecule has 0 amide bonds. The molecule has 0 bridgehead atoms. The molecule has 0 spiro atoms. The number of aromatic nitrogens is 1. The molecule has 1 saturated carbocycles. The standard InChI is InChI=1S/C11H15NO.C9H11N2.C6H12O.W/c13-11(9-5-1-2-6-9)10-7-3-4-8-12-10;1-6-3-4-8(11)5-9(6)7(2)10;1-6-4-2-3-5-7-6;/h3-4,7-9,11,13H,1-2,5-6H2;3-5,10-11H,1-2H3;6H,2-5H2,1H3;/q;-1;;. The average molecular weight is 608 g/mol. The van der Waals surface area contributed by atoms with Gasteiger partial charge in [0.2, 0.25) is 0 Å². The van der Waals surface area contributed by atoms with Crippen LogP contribution in [0.2, 0.25) is 0 Å². The second kappa shape index (κ2) is 15.3. The molecule has 1 saturated heterocycles. The first-order valence-electron chi connectivity index (χ1n) is 11.5. The van der Waals surface area contributed by atoms with E-state index in [2.05, 4.69) is 11.9 Å². The van der Waals surface area contributed by atoms with Crippen molar-refractivity contribution < 1.29 is 30.9 Å². The van der Waals surface area contributed by atoms with Crippen molar-refractivity contribution in [3.8, 4) is 0 Å². The van der Waals surface area contributed by atoms with Crippen LogP contribution in [0.3, 0.4) is 0 Å². The summed E-state index contributed by atoms with van der Waals surface area (Å²) in [7, 11) is 0. The van der Waals surface area contributed by atoms with E-state index in [-0.39, 0.29) is 27.2 Å². The Bertz CT molecular complexity index is 789. The Balaban J connectivity index is 0.000000247. The van der Waals surface area contributed by atoms with Gasteiger partial charge in [0.25, 0.3) is 0 Å². The molecule has 2 aliphatic rings. The van der Waals surface area contributed by atoms with Crippen LogP contribution in [0, 0.1) is 18.3 Å². The van der Waals surface area contributed by atoms with E-state index in [9.17, 15) is 5.11 Å². The molecule has 1 aliphatic heterocycles. The maximum Gasteiger partial charge on any atom is 0.0987 e. The van der Waals surface area contributed by atoms with Gasteiger partial charge in [-0.25, -0.2) is 0 Å². The van der Waals surface area contributed by atoms with E-state index in [1.54, 1.807) is 25.3 Å². The summed E-state index contributed by atoms with van der Waals surface area (Å²) in [6, 6.07) is 11.0. The van der Waals surface area contributed by atoms with E-state index < -0.39 is 0 Å². The molecule has 6 heteroatoms. The Morgan fingerprint density at radius 1 is 1.12 bits per heavy atom. The van der Waals surface area contributed by atoms with E-state index in [4.69, 9.17) is 15.9 Å². The van der Waals surface area contributed by atoms with Gasteiger partial charge >= 0.3 is 0 Å². The molecule has 2 unspecified atom stereocenters. The van der Waals surface area contributed by atoms with Gasteiger partial charge in [-0.2, -0.15) is 0 Å². The first-order chi connectivity index (χ1) is 14.9. The van der Waals surface area contributed by atoms with Crippen LogP contribution in [0.1, 0.15) is 81.7 Å². The topological polar surface area (TPSA) is 90.0 Å². The predicted molar refractivity (Wildman–Crippen MR) is 128 cm³/mol. The molecule has 1 aromatic carbocycles. The molecular weight excluding hydrogens is 570 g/mol. The molecule has 1 aliphatic carbocycles. The number of nitrogens with zero attached hydrogens (tertiary/aromatic N) is 1. The van der Waals surface area contributed by atoms with Gasteiger partial charge in [-0.3, -0.25) is 4.98 Å².